The van der Waals surface area contributed by atoms with Gasteiger partial charge in [0.15, 0.2) is 11.4 Å². The number of hydrogen-bond acceptors (Lipinski definition) is 9. The van der Waals surface area contributed by atoms with E-state index in [0.29, 0.717) is 5.56 Å². The molecule has 2 aromatic rings. The van der Waals surface area contributed by atoms with Crippen LogP contribution in [-0.4, -0.2) is 68.5 Å². The highest BCUT2D eigenvalue weighted by Gasteiger charge is 2.63. The summed E-state index contributed by atoms with van der Waals surface area (Å²) < 4.78 is 0. The average molecular weight is 511 g/mol. The van der Waals surface area contributed by atoms with Gasteiger partial charge in [-0.15, -0.1) is 11.3 Å². The van der Waals surface area contributed by atoms with Gasteiger partial charge in [0.05, 0.1) is 11.6 Å². The quantitative estimate of drug-likeness (QED) is 0.393. The first kappa shape index (κ1) is 24.2. The minimum atomic E-state index is -2.64. The molecular weight excluding hydrogens is 484 g/mol. The molecule has 5 rings (SSSR count). The summed E-state index contributed by atoms with van der Waals surface area (Å²) in [6.07, 6.45) is 0.319. The molecule has 0 aliphatic heterocycles. The Kier molecular flexibility index (Phi) is 5.40. The van der Waals surface area contributed by atoms with Crippen molar-refractivity contribution in [2.75, 3.05) is 14.1 Å². The van der Waals surface area contributed by atoms with E-state index in [1.54, 1.807) is 20.2 Å². The Bertz CT molecular complexity index is 1420. The molecule has 0 bridgehead atoms. The van der Waals surface area contributed by atoms with Crippen molar-refractivity contribution in [3.8, 4) is 16.2 Å². The number of rotatable bonds is 3. The number of nitrogens with two attached hydrogens (primary N) is 1. The molecule has 1 heterocycles. The van der Waals surface area contributed by atoms with E-state index in [9.17, 15) is 34.8 Å². The van der Waals surface area contributed by atoms with Gasteiger partial charge in [0.25, 0.3) is 5.91 Å². The fourth-order valence-electron chi connectivity index (χ4n) is 6.05. The van der Waals surface area contributed by atoms with Crippen LogP contribution < -0.4 is 5.73 Å². The van der Waals surface area contributed by atoms with Crippen LogP contribution in [0.4, 0.5) is 0 Å². The Balaban J connectivity index is 1.73. The molecule has 4 unspecified atom stereocenters. The van der Waals surface area contributed by atoms with Crippen molar-refractivity contribution < 1.29 is 34.8 Å². The Hall–Kier alpha value is -3.47. The number of allylic oxidation sites excluding steroid dienone is 1. The first-order chi connectivity index (χ1) is 16.9. The number of phenols is 1. The second-order valence-electron chi connectivity index (χ2n) is 9.94. The number of aliphatic hydroxyl groups is 3. The summed E-state index contributed by atoms with van der Waals surface area (Å²) in [5.41, 5.74) is 4.21. The number of aliphatic hydroxyl groups excluding tert-OH is 2. The lowest BCUT2D eigenvalue weighted by Gasteiger charge is -2.50. The number of carbonyl (C=O) groups excluding carboxylic acids is 3. The van der Waals surface area contributed by atoms with Gasteiger partial charge in [-0.3, -0.25) is 19.3 Å². The monoisotopic (exact) mass is 510 g/mol. The van der Waals surface area contributed by atoms with Gasteiger partial charge in [0, 0.05) is 16.4 Å². The van der Waals surface area contributed by atoms with E-state index >= 15 is 0 Å². The van der Waals surface area contributed by atoms with Crippen molar-refractivity contribution in [1.82, 2.24) is 4.90 Å². The maximum absolute atomic E-state index is 13.7. The van der Waals surface area contributed by atoms with E-state index in [-0.39, 0.29) is 29.7 Å². The van der Waals surface area contributed by atoms with Gasteiger partial charge in [-0.1, -0.05) is 0 Å². The number of hydrogen-bond donors (Lipinski definition) is 5. The molecule has 10 heteroatoms. The first-order valence-electron chi connectivity index (χ1n) is 11.4. The first-order valence-corrected chi connectivity index (χ1v) is 12.3. The van der Waals surface area contributed by atoms with Gasteiger partial charge < -0.3 is 26.2 Å². The number of Topliss-reactive ketones (excluding diaryl/α,β-unsaturated/α-hetero) is 2. The van der Waals surface area contributed by atoms with E-state index in [1.807, 2.05) is 18.4 Å². The zero-order valence-electron chi connectivity index (χ0n) is 19.9. The molecular formula is C26H26N2O7S. The molecule has 188 valence electrons. The van der Waals surface area contributed by atoms with Crippen molar-refractivity contribution in [1.29, 1.82) is 0 Å². The molecule has 6 N–H and O–H groups in total. The van der Waals surface area contributed by atoms with Crippen molar-refractivity contribution >= 4 is 28.8 Å². The van der Waals surface area contributed by atoms with Crippen LogP contribution in [0.15, 0.2) is 46.2 Å². The number of thiophene rings is 1. The van der Waals surface area contributed by atoms with Crippen LogP contribution in [0.1, 0.15) is 27.9 Å². The molecule has 0 spiro atoms. The molecule has 1 aromatic carbocycles. The Labute approximate surface area is 210 Å². The number of fused-ring (bicyclic) bond motifs is 3. The Morgan fingerprint density at radius 2 is 1.89 bits per heavy atom. The molecule has 9 nitrogen and oxygen atoms in total. The second-order valence-corrected chi connectivity index (χ2v) is 10.8. The van der Waals surface area contributed by atoms with Crippen LogP contribution in [0, 0.1) is 18.8 Å². The highest BCUT2D eigenvalue weighted by atomic mass is 32.1. The van der Waals surface area contributed by atoms with Crippen LogP contribution in [0.5, 0.6) is 5.75 Å². The number of aryl methyl sites for hydroxylation is 1. The van der Waals surface area contributed by atoms with Crippen LogP contribution in [0.2, 0.25) is 0 Å². The number of carbonyl (C=O) groups is 3. The lowest BCUT2D eigenvalue weighted by Crippen LogP contribution is -2.63. The van der Waals surface area contributed by atoms with Crippen molar-refractivity contribution in [3.05, 3.63) is 62.9 Å². The second kappa shape index (κ2) is 8.02. The zero-order valence-corrected chi connectivity index (χ0v) is 20.7. The lowest BCUT2D eigenvalue weighted by molar-refractivity contribution is -0.148. The molecule has 0 fully saturated rings. The van der Waals surface area contributed by atoms with Crippen LogP contribution in [0.25, 0.3) is 10.4 Å². The highest BCUT2D eigenvalue weighted by molar-refractivity contribution is 7.13. The summed E-state index contributed by atoms with van der Waals surface area (Å²) in [6, 6.07) is 4.14. The topological polar surface area (TPSA) is 161 Å². The largest absolute Gasteiger partial charge is 0.510 e. The Morgan fingerprint density at radius 1 is 1.19 bits per heavy atom. The van der Waals surface area contributed by atoms with Gasteiger partial charge in [-0.2, -0.15) is 0 Å². The van der Waals surface area contributed by atoms with E-state index in [1.165, 1.54) is 22.3 Å². The number of aromatic hydroxyl groups is 1. The van der Waals surface area contributed by atoms with E-state index < -0.39 is 58.0 Å². The highest BCUT2D eigenvalue weighted by Crippen LogP contribution is 2.53. The van der Waals surface area contributed by atoms with E-state index in [0.717, 1.165) is 16.0 Å². The Morgan fingerprint density at radius 3 is 2.47 bits per heavy atom. The predicted molar refractivity (Wildman–Crippen MR) is 132 cm³/mol. The summed E-state index contributed by atoms with van der Waals surface area (Å²) in [7, 11) is 3.20. The normalized spacial score (nSPS) is 27.8. The molecule has 1 aromatic heterocycles. The molecule has 0 radical (unpaired) electrons. The van der Waals surface area contributed by atoms with Gasteiger partial charge in [-0.05, 0) is 80.0 Å². The molecule has 3 aliphatic carbocycles. The molecule has 0 saturated heterocycles. The van der Waals surface area contributed by atoms with Gasteiger partial charge in [-0.25, -0.2) is 0 Å². The number of amides is 1. The fourth-order valence-corrected chi connectivity index (χ4v) is 7.01. The van der Waals surface area contributed by atoms with Crippen LogP contribution >= 0.6 is 11.3 Å². The lowest BCUT2D eigenvalue weighted by atomic mass is 9.58. The molecule has 1 amide bonds. The van der Waals surface area contributed by atoms with Crippen LogP contribution in [-0.2, 0) is 16.0 Å². The van der Waals surface area contributed by atoms with Crippen LogP contribution in [0.3, 0.4) is 0 Å². The summed E-state index contributed by atoms with van der Waals surface area (Å²) in [6.45, 7) is 1.96. The molecule has 3 aliphatic rings. The molecule has 0 saturated carbocycles. The minimum Gasteiger partial charge on any atom is -0.510 e. The van der Waals surface area contributed by atoms with Crippen molar-refractivity contribution in [3.63, 3.8) is 0 Å². The minimum absolute atomic E-state index is 0.0133. The fraction of sp³-hybridized carbons (Fsp3) is 0.346. The van der Waals surface area contributed by atoms with Gasteiger partial charge in [0.1, 0.15) is 22.8 Å². The smallest absolute Gasteiger partial charge is 0.255 e. The SMILES string of the molecule is Cc1csc(-c2ccc(O)c3c2CC2CC4C(N(C)C)C(O)=C(C(N)=O)C(=O)C4(O)C(O)=C2C3=O)c1. The average Bonchev–Trinajstić information content (AvgIpc) is 3.22. The molecule has 4 atom stereocenters. The third-order valence-corrected chi connectivity index (χ3v) is 8.68. The van der Waals surface area contributed by atoms with E-state index in [2.05, 4.69) is 0 Å². The summed E-state index contributed by atoms with van der Waals surface area (Å²) in [4.78, 5) is 41.5. The molecule has 36 heavy (non-hydrogen) atoms. The van der Waals surface area contributed by atoms with Crippen molar-refractivity contribution in [2.24, 2.45) is 17.6 Å². The maximum atomic E-state index is 13.7. The number of benzene rings is 1. The number of primary amides is 1. The van der Waals surface area contributed by atoms with Gasteiger partial charge in [0.2, 0.25) is 5.78 Å². The number of likely N-dealkylation sites (N-methyl/N-ethyl adjacent to an activating group) is 1. The third-order valence-electron chi connectivity index (χ3n) is 7.60. The number of nitrogens with zero attached hydrogens (tertiary/aromatic N) is 1. The standard InChI is InChI=1S/C26H26N2O7S/c1-10-6-16(36-9-10)12-4-5-15(29)18-13(12)7-11-8-14-20(28(2)3)22(31)19(25(27)34)24(33)26(14,35)23(32)17(11)21(18)30/h4-6,9,11,14,20,29,31-32,35H,7-8H2,1-3H3,(H2,27,34). The summed E-state index contributed by atoms with van der Waals surface area (Å²) in [5, 5.41) is 46.4. The predicted octanol–water partition coefficient (Wildman–Crippen LogP) is 2.16. The third kappa shape index (κ3) is 3.11. The summed E-state index contributed by atoms with van der Waals surface area (Å²) in [5.74, 6) is -6.54. The van der Waals surface area contributed by atoms with Gasteiger partial charge >= 0.3 is 0 Å². The number of phenolic OH excluding ortho intramolecular Hbond substituents is 1. The number of ketones is 2. The summed E-state index contributed by atoms with van der Waals surface area (Å²) >= 11 is 1.51. The van der Waals surface area contributed by atoms with E-state index in [4.69, 9.17) is 5.73 Å². The van der Waals surface area contributed by atoms with Crippen molar-refractivity contribution in [2.45, 2.75) is 31.4 Å². The maximum Gasteiger partial charge on any atom is 0.255 e. The zero-order chi connectivity index (χ0) is 26.3.